The van der Waals surface area contributed by atoms with Gasteiger partial charge in [-0.15, -0.1) is 0 Å². The largest absolute Gasteiger partial charge is 0.417 e. The fourth-order valence-corrected chi connectivity index (χ4v) is 2.06. The Morgan fingerprint density at radius 1 is 0.583 bits per heavy atom. The summed E-state index contributed by atoms with van der Waals surface area (Å²) in [6.45, 7) is 0. The van der Waals surface area contributed by atoms with E-state index in [1.807, 2.05) is 0 Å². The lowest BCUT2D eigenvalue weighted by atomic mass is 9.94. The molecule has 0 amide bonds. The topological polar surface area (TPSA) is 122 Å². The molecule has 2 rings (SSSR count). The van der Waals surface area contributed by atoms with Crippen molar-refractivity contribution in [2.24, 2.45) is 0 Å². The minimum atomic E-state index is -4.84. The zero-order chi connectivity index (χ0) is 16.7. The molecule has 0 saturated carbocycles. The fourth-order valence-electron chi connectivity index (χ4n) is 2.06. The van der Waals surface area contributed by atoms with E-state index in [0.717, 1.165) is 24.3 Å². The molecule has 0 atom stereocenters. The molecule has 0 saturated heterocycles. The highest BCUT2D eigenvalue weighted by atomic mass is 19.4. The maximum absolute atomic E-state index is 13.1. The van der Waals surface area contributed by atoms with Crippen LogP contribution in [-0.2, 0) is 12.4 Å². The summed E-state index contributed by atoms with van der Waals surface area (Å²) in [5.74, 6) is 0. The van der Waals surface area contributed by atoms with Gasteiger partial charge in [0.05, 0.1) is 11.1 Å². The Kier molecular flexibility index (Phi) is 6.26. The van der Waals surface area contributed by atoms with Crippen molar-refractivity contribution in [3.05, 3.63) is 47.5 Å². The fraction of sp³-hybridized carbons (Fsp3) is 0.143. The van der Waals surface area contributed by atoms with Gasteiger partial charge in [0.2, 0.25) is 0 Å². The molecule has 2 aromatic rings. The SMILES string of the molecule is N.N.Nc1ccc(-c2ccc(N)cc2C(F)(F)F)c(C(F)(F)F)c1. The molecule has 0 aliphatic rings. The summed E-state index contributed by atoms with van der Waals surface area (Å²) in [6, 6.07) is 5.26. The Hall–Kier alpha value is -2.46. The molecule has 0 aromatic heterocycles. The Balaban J connectivity index is 0.00000264. The number of benzene rings is 2. The number of anilines is 2. The van der Waals surface area contributed by atoms with Crippen LogP contribution in [0.2, 0.25) is 0 Å². The molecule has 134 valence electrons. The van der Waals surface area contributed by atoms with E-state index in [0.29, 0.717) is 12.1 Å². The Bertz CT molecular complexity index is 648. The van der Waals surface area contributed by atoms with E-state index in [1.165, 1.54) is 0 Å². The second kappa shape index (κ2) is 6.97. The van der Waals surface area contributed by atoms with Crippen LogP contribution >= 0.6 is 0 Å². The van der Waals surface area contributed by atoms with Crippen molar-refractivity contribution in [1.29, 1.82) is 0 Å². The van der Waals surface area contributed by atoms with Crippen LogP contribution < -0.4 is 23.8 Å². The van der Waals surface area contributed by atoms with Gasteiger partial charge in [-0.25, -0.2) is 0 Å². The summed E-state index contributed by atoms with van der Waals surface area (Å²) in [5, 5.41) is 0. The molecule has 0 aliphatic carbocycles. The Labute approximate surface area is 133 Å². The summed E-state index contributed by atoms with van der Waals surface area (Å²) in [5.41, 5.74) is 6.55. The van der Waals surface area contributed by atoms with Gasteiger partial charge in [-0.2, -0.15) is 26.3 Å². The second-order valence-electron chi connectivity index (χ2n) is 4.61. The first-order valence-corrected chi connectivity index (χ1v) is 5.94. The van der Waals surface area contributed by atoms with Crippen LogP contribution in [0.25, 0.3) is 11.1 Å². The molecular weight excluding hydrogens is 338 g/mol. The minimum absolute atomic E-state index is 0. The summed E-state index contributed by atoms with van der Waals surface area (Å²) < 4.78 is 78.4. The van der Waals surface area contributed by atoms with Crippen molar-refractivity contribution in [1.82, 2.24) is 12.3 Å². The third kappa shape index (κ3) is 4.30. The van der Waals surface area contributed by atoms with Crippen LogP contribution in [-0.4, -0.2) is 0 Å². The monoisotopic (exact) mass is 354 g/mol. The van der Waals surface area contributed by atoms with Gasteiger partial charge in [0.25, 0.3) is 0 Å². The molecule has 0 bridgehead atoms. The average Bonchev–Trinajstić information content (AvgIpc) is 2.37. The Morgan fingerprint density at radius 3 is 1.12 bits per heavy atom. The first-order valence-electron chi connectivity index (χ1n) is 5.94. The number of hydrogen-bond acceptors (Lipinski definition) is 4. The van der Waals surface area contributed by atoms with Gasteiger partial charge in [-0.3, -0.25) is 0 Å². The summed E-state index contributed by atoms with van der Waals surface area (Å²) in [7, 11) is 0. The number of halogens is 6. The van der Waals surface area contributed by atoms with Crippen molar-refractivity contribution in [3.63, 3.8) is 0 Å². The third-order valence-electron chi connectivity index (χ3n) is 2.99. The smallest absolute Gasteiger partial charge is 0.399 e. The molecular formula is C14H16F6N4. The van der Waals surface area contributed by atoms with E-state index in [-0.39, 0.29) is 23.7 Å². The third-order valence-corrected chi connectivity index (χ3v) is 2.99. The standard InChI is InChI=1S/C14H10F6N2.2H3N/c15-13(16,17)11-5-7(21)1-3-9(11)10-4-2-8(22)6-12(10)14(18,19)20;;/h1-6H,21-22H2;2*1H3. The van der Waals surface area contributed by atoms with Crippen molar-refractivity contribution in [2.45, 2.75) is 12.4 Å². The van der Waals surface area contributed by atoms with E-state index >= 15 is 0 Å². The molecule has 0 radical (unpaired) electrons. The van der Waals surface area contributed by atoms with E-state index < -0.39 is 34.6 Å². The molecule has 2 aromatic carbocycles. The number of nitrogens with two attached hydrogens (primary N) is 2. The van der Waals surface area contributed by atoms with Gasteiger partial charge in [-0.05, 0) is 35.4 Å². The highest BCUT2D eigenvalue weighted by Crippen LogP contribution is 2.43. The van der Waals surface area contributed by atoms with Crippen molar-refractivity contribution in [2.75, 3.05) is 11.5 Å². The molecule has 10 N–H and O–H groups in total. The zero-order valence-electron chi connectivity index (χ0n) is 12.3. The molecule has 0 fully saturated rings. The van der Waals surface area contributed by atoms with E-state index in [4.69, 9.17) is 11.5 Å². The van der Waals surface area contributed by atoms with Gasteiger partial charge in [0.1, 0.15) is 0 Å². The lowest BCUT2D eigenvalue weighted by Crippen LogP contribution is -2.12. The zero-order valence-corrected chi connectivity index (χ0v) is 12.3. The van der Waals surface area contributed by atoms with Crippen molar-refractivity contribution < 1.29 is 26.3 Å². The predicted molar refractivity (Wildman–Crippen MR) is 80.8 cm³/mol. The van der Waals surface area contributed by atoms with Gasteiger partial charge >= 0.3 is 12.4 Å². The summed E-state index contributed by atoms with van der Waals surface area (Å²) in [6.07, 6.45) is -9.68. The van der Waals surface area contributed by atoms with Gasteiger partial charge in [-0.1, -0.05) is 12.1 Å². The van der Waals surface area contributed by atoms with E-state index in [2.05, 4.69) is 0 Å². The lowest BCUT2D eigenvalue weighted by molar-refractivity contribution is -0.139. The highest BCUT2D eigenvalue weighted by molar-refractivity contribution is 5.75. The molecule has 0 spiro atoms. The number of hydrogen-bond donors (Lipinski definition) is 4. The highest BCUT2D eigenvalue weighted by Gasteiger charge is 2.38. The summed E-state index contributed by atoms with van der Waals surface area (Å²) >= 11 is 0. The van der Waals surface area contributed by atoms with E-state index in [1.54, 1.807) is 0 Å². The van der Waals surface area contributed by atoms with Crippen LogP contribution in [0, 0.1) is 0 Å². The van der Waals surface area contributed by atoms with Crippen molar-refractivity contribution >= 4 is 11.4 Å². The molecule has 0 heterocycles. The lowest BCUT2D eigenvalue weighted by Gasteiger charge is -2.18. The number of alkyl halides is 6. The molecule has 4 nitrogen and oxygen atoms in total. The maximum Gasteiger partial charge on any atom is 0.417 e. The van der Waals surface area contributed by atoms with Crippen LogP contribution in [0.15, 0.2) is 36.4 Å². The van der Waals surface area contributed by atoms with Crippen LogP contribution in [0.3, 0.4) is 0 Å². The van der Waals surface area contributed by atoms with Gasteiger partial charge < -0.3 is 23.8 Å². The average molecular weight is 354 g/mol. The van der Waals surface area contributed by atoms with Crippen LogP contribution in [0.5, 0.6) is 0 Å². The van der Waals surface area contributed by atoms with E-state index in [9.17, 15) is 26.3 Å². The number of nitrogen functional groups attached to an aromatic ring is 2. The van der Waals surface area contributed by atoms with Crippen molar-refractivity contribution in [3.8, 4) is 11.1 Å². The Morgan fingerprint density at radius 2 is 0.875 bits per heavy atom. The first kappa shape index (κ1) is 21.5. The minimum Gasteiger partial charge on any atom is -0.399 e. The van der Waals surface area contributed by atoms with Crippen LogP contribution in [0.1, 0.15) is 11.1 Å². The van der Waals surface area contributed by atoms with Gasteiger partial charge in [0, 0.05) is 11.4 Å². The normalized spacial score (nSPS) is 11.4. The second-order valence-corrected chi connectivity index (χ2v) is 4.61. The molecule has 0 aliphatic heterocycles. The molecule has 0 unspecified atom stereocenters. The summed E-state index contributed by atoms with van der Waals surface area (Å²) in [4.78, 5) is 0. The molecule has 24 heavy (non-hydrogen) atoms. The van der Waals surface area contributed by atoms with Crippen LogP contribution in [0.4, 0.5) is 37.7 Å². The maximum atomic E-state index is 13.1. The molecule has 10 heteroatoms. The van der Waals surface area contributed by atoms with Gasteiger partial charge in [0.15, 0.2) is 0 Å². The first-order chi connectivity index (χ1) is 10.00. The quantitative estimate of drug-likeness (QED) is 0.430. The number of rotatable bonds is 1. The predicted octanol–water partition coefficient (Wildman–Crippen LogP) is 4.88.